The second-order valence-electron chi connectivity index (χ2n) is 7.72. The molecule has 1 aliphatic heterocycles. The van der Waals surface area contributed by atoms with Crippen molar-refractivity contribution >= 4 is 38.8 Å². The summed E-state index contributed by atoms with van der Waals surface area (Å²) in [7, 11) is 0. The van der Waals surface area contributed by atoms with Crippen LogP contribution in [0.2, 0.25) is 0 Å². The maximum Gasteiger partial charge on any atom is 0.224 e. The topological polar surface area (TPSA) is 45.2 Å². The molecule has 4 nitrogen and oxygen atoms in total. The predicted molar refractivity (Wildman–Crippen MR) is 118 cm³/mol. The fraction of sp³-hybridized carbons (Fsp3) is 0.391. The molecule has 3 aromatic rings. The van der Waals surface area contributed by atoms with Gasteiger partial charge in [-0.2, -0.15) is 0 Å². The SMILES string of the molecule is CC1CCN(c2ccc(NC(=O)CCCCc3nc4ccccc4s3)cc2)C1. The Balaban J connectivity index is 1.20. The Labute approximate surface area is 170 Å². The summed E-state index contributed by atoms with van der Waals surface area (Å²) < 4.78 is 1.24. The van der Waals surface area contributed by atoms with Gasteiger partial charge in [0.25, 0.3) is 0 Å². The number of amides is 1. The zero-order chi connectivity index (χ0) is 19.3. The van der Waals surface area contributed by atoms with Crippen LogP contribution < -0.4 is 10.2 Å². The van der Waals surface area contributed by atoms with Crippen molar-refractivity contribution in [1.82, 2.24) is 4.98 Å². The van der Waals surface area contributed by atoms with Crippen molar-refractivity contribution < 1.29 is 4.79 Å². The van der Waals surface area contributed by atoms with Gasteiger partial charge in [0.15, 0.2) is 0 Å². The van der Waals surface area contributed by atoms with Gasteiger partial charge in [-0.05, 0) is 68.0 Å². The number of carbonyl (C=O) groups excluding carboxylic acids is 1. The molecule has 28 heavy (non-hydrogen) atoms. The fourth-order valence-corrected chi connectivity index (χ4v) is 4.75. The van der Waals surface area contributed by atoms with Crippen molar-refractivity contribution in [2.75, 3.05) is 23.3 Å². The lowest BCUT2D eigenvalue weighted by atomic mass is 10.2. The van der Waals surface area contributed by atoms with Crippen molar-refractivity contribution in [2.45, 2.75) is 39.0 Å². The van der Waals surface area contributed by atoms with E-state index < -0.39 is 0 Å². The van der Waals surface area contributed by atoms with E-state index in [4.69, 9.17) is 0 Å². The molecule has 0 bridgehead atoms. The molecule has 1 N–H and O–H groups in total. The maximum absolute atomic E-state index is 12.2. The summed E-state index contributed by atoms with van der Waals surface area (Å²) in [6.45, 7) is 4.55. The van der Waals surface area contributed by atoms with Crippen molar-refractivity contribution in [3.05, 3.63) is 53.5 Å². The maximum atomic E-state index is 12.2. The van der Waals surface area contributed by atoms with Crippen molar-refractivity contribution in [1.29, 1.82) is 0 Å². The van der Waals surface area contributed by atoms with Crippen LogP contribution in [0, 0.1) is 5.92 Å². The van der Waals surface area contributed by atoms with E-state index in [2.05, 4.69) is 46.4 Å². The van der Waals surface area contributed by atoms with Gasteiger partial charge in [0.05, 0.1) is 15.2 Å². The van der Waals surface area contributed by atoms with E-state index in [1.54, 1.807) is 11.3 Å². The molecule has 0 aliphatic carbocycles. The number of thiazole rings is 1. The van der Waals surface area contributed by atoms with E-state index in [1.807, 2.05) is 24.3 Å². The Morgan fingerprint density at radius 2 is 2.00 bits per heavy atom. The monoisotopic (exact) mass is 393 g/mol. The van der Waals surface area contributed by atoms with Crippen molar-refractivity contribution in [3.63, 3.8) is 0 Å². The summed E-state index contributed by atoms with van der Waals surface area (Å²) in [6, 6.07) is 16.5. The molecular weight excluding hydrogens is 366 g/mol. The van der Waals surface area contributed by atoms with Crippen LogP contribution in [0.4, 0.5) is 11.4 Å². The Bertz CT molecular complexity index is 901. The number of aromatic nitrogens is 1. The number of fused-ring (bicyclic) bond motifs is 1. The normalized spacial score (nSPS) is 16.6. The zero-order valence-electron chi connectivity index (χ0n) is 16.4. The van der Waals surface area contributed by atoms with E-state index >= 15 is 0 Å². The highest BCUT2D eigenvalue weighted by Gasteiger charge is 2.18. The number of nitrogens with one attached hydrogen (secondary N) is 1. The smallest absolute Gasteiger partial charge is 0.224 e. The van der Waals surface area contributed by atoms with Crippen LogP contribution in [0.3, 0.4) is 0 Å². The first kappa shape index (κ1) is 18.9. The Morgan fingerprint density at radius 3 is 2.75 bits per heavy atom. The van der Waals surface area contributed by atoms with Gasteiger partial charge in [0.1, 0.15) is 0 Å². The van der Waals surface area contributed by atoms with Crippen LogP contribution in [0.5, 0.6) is 0 Å². The number of para-hydroxylation sites is 1. The Morgan fingerprint density at radius 1 is 1.18 bits per heavy atom. The number of nitrogens with zero attached hydrogens (tertiary/aromatic N) is 2. The average molecular weight is 394 g/mol. The molecule has 0 spiro atoms. The van der Waals surface area contributed by atoms with Gasteiger partial charge in [0.2, 0.25) is 5.91 Å². The van der Waals surface area contributed by atoms with E-state index in [-0.39, 0.29) is 5.91 Å². The van der Waals surface area contributed by atoms with Crippen LogP contribution in [0.1, 0.15) is 37.6 Å². The lowest BCUT2D eigenvalue weighted by Gasteiger charge is -2.18. The molecule has 1 saturated heterocycles. The standard InChI is InChI=1S/C23H27N3OS/c1-17-14-15-26(16-17)19-12-10-18(11-13-19)24-22(27)8-4-5-9-23-25-20-6-2-3-7-21(20)28-23/h2-3,6-7,10-13,17H,4-5,8-9,14-16H2,1H3,(H,24,27). The summed E-state index contributed by atoms with van der Waals surface area (Å²) in [5.74, 6) is 0.856. The number of carbonyl (C=O) groups is 1. The first-order chi connectivity index (χ1) is 13.7. The van der Waals surface area contributed by atoms with Gasteiger partial charge in [-0.25, -0.2) is 4.98 Å². The molecule has 5 heteroatoms. The van der Waals surface area contributed by atoms with Crippen LogP contribution in [-0.2, 0) is 11.2 Å². The highest BCUT2D eigenvalue weighted by atomic mass is 32.1. The molecule has 2 aromatic carbocycles. The third kappa shape index (κ3) is 4.71. The van der Waals surface area contributed by atoms with Crippen molar-refractivity contribution in [2.24, 2.45) is 5.92 Å². The van der Waals surface area contributed by atoms with E-state index in [0.29, 0.717) is 6.42 Å². The minimum absolute atomic E-state index is 0.0897. The minimum atomic E-state index is 0.0897. The van der Waals surface area contributed by atoms with Crippen LogP contribution in [0.25, 0.3) is 10.2 Å². The molecule has 1 aliphatic rings. The van der Waals surface area contributed by atoms with Gasteiger partial charge in [-0.1, -0.05) is 19.1 Å². The molecule has 1 atom stereocenters. The quantitative estimate of drug-likeness (QED) is 0.540. The van der Waals surface area contributed by atoms with Gasteiger partial charge >= 0.3 is 0 Å². The van der Waals surface area contributed by atoms with E-state index in [1.165, 1.54) is 16.8 Å². The Hall–Kier alpha value is -2.40. The first-order valence-electron chi connectivity index (χ1n) is 10.2. The highest BCUT2D eigenvalue weighted by molar-refractivity contribution is 7.18. The molecule has 0 saturated carbocycles. The van der Waals surface area contributed by atoms with Crippen LogP contribution >= 0.6 is 11.3 Å². The third-order valence-electron chi connectivity index (χ3n) is 5.32. The molecular formula is C23H27N3OS. The molecule has 1 fully saturated rings. The number of unbranched alkanes of at least 4 members (excludes halogenated alkanes) is 1. The summed E-state index contributed by atoms with van der Waals surface area (Å²) in [6.07, 6.45) is 4.62. The number of hydrogen-bond donors (Lipinski definition) is 1. The number of benzene rings is 2. The predicted octanol–water partition coefficient (Wildman–Crippen LogP) is 5.49. The van der Waals surface area contributed by atoms with Crippen molar-refractivity contribution in [3.8, 4) is 0 Å². The second kappa shape index (κ2) is 8.74. The zero-order valence-corrected chi connectivity index (χ0v) is 17.2. The van der Waals surface area contributed by atoms with Crippen LogP contribution in [-0.4, -0.2) is 24.0 Å². The van der Waals surface area contributed by atoms with Gasteiger partial charge in [-0.3, -0.25) is 4.79 Å². The molecule has 1 unspecified atom stereocenters. The molecule has 1 amide bonds. The third-order valence-corrected chi connectivity index (χ3v) is 6.42. The lowest BCUT2D eigenvalue weighted by Crippen LogP contribution is -2.19. The molecule has 146 valence electrons. The molecule has 1 aromatic heterocycles. The number of aryl methyl sites for hydroxylation is 1. The van der Waals surface area contributed by atoms with Gasteiger partial charge in [0, 0.05) is 30.9 Å². The summed E-state index contributed by atoms with van der Waals surface area (Å²) in [5, 5.41) is 4.18. The van der Waals surface area contributed by atoms with Gasteiger partial charge in [-0.15, -0.1) is 11.3 Å². The molecule has 2 heterocycles. The minimum Gasteiger partial charge on any atom is -0.371 e. The fourth-order valence-electron chi connectivity index (χ4n) is 3.74. The van der Waals surface area contributed by atoms with E-state index in [0.717, 1.165) is 54.5 Å². The molecule has 0 radical (unpaired) electrons. The number of hydrogen-bond acceptors (Lipinski definition) is 4. The summed E-state index contributed by atoms with van der Waals surface area (Å²) in [5.41, 5.74) is 3.21. The summed E-state index contributed by atoms with van der Waals surface area (Å²) >= 11 is 1.75. The molecule has 4 rings (SSSR count). The second-order valence-corrected chi connectivity index (χ2v) is 8.83. The number of rotatable bonds is 7. The Kier molecular flexibility index (Phi) is 5.91. The van der Waals surface area contributed by atoms with E-state index in [9.17, 15) is 4.79 Å². The number of anilines is 2. The largest absolute Gasteiger partial charge is 0.371 e. The van der Waals surface area contributed by atoms with Crippen LogP contribution in [0.15, 0.2) is 48.5 Å². The average Bonchev–Trinajstić information content (AvgIpc) is 3.31. The first-order valence-corrected chi connectivity index (χ1v) is 11.0. The summed E-state index contributed by atoms with van der Waals surface area (Å²) in [4.78, 5) is 19.3. The van der Waals surface area contributed by atoms with Gasteiger partial charge < -0.3 is 10.2 Å². The lowest BCUT2D eigenvalue weighted by molar-refractivity contribution is -0.116. The highest BCUT2D eigenvalue weighted by Crippen LogP contribution is 2.25.